The molecule has 1 heterocycles. The number of fused-ring (bicyclic) bond motifs is 1. The van der Waals surface area contributed by atoms with Crippen molar-refractivity contribution in [3.05, 3.63) is 65.2 Å². The molecule has 2 aromatic rings. The van der Waals surface area contributed by atoms with Crippen LogP contribution in [0.5, 0.6) is 5.75 Å². The third-order valence-corrected chi connectivity index (χ3v) is 4.00. The third kappa shape index (κ3) is 4.90. The summed E-state index contributed by atoms with van der Waals surface area (Å²) in [6.07, 6.45) is 0.966. The molecule has 0 saturated heterocycles. The van der Waals surface area contributed by atoms with Gasteiger partial charge in [-0.1, -0.05) is 30.3 Å². The van der Waals surface area contributed by atoms with Gasteiger partial charge < -0.3 is 15.4 Å². The lowest BCUT2D eigenvalue weighted by Gasteiger charge is -2.27. The number of halogens is 3. The highest BCUT2D eigenvalue weighted by Gasteiger charge is 2.20. The highest BCUT2D eigenvalue weighted by Crippen LogP contribution is 2.22. The molecule has 25 heavy (non-hydrogen) atoms. The summed E-state index contributed by atoms with van der Waals surface area (Å²) >= 11 is 0. The van der Waals surface area contributed by atoms with Crippen molar-refractivity contribution in [1.82, 2.24) is 10.6 Å². The second kappa shape index (κ2) is 8.78. The third-order valence-electron chi connectivity index (χ3n) is 4.00. The topological polar surface area (TPSA) is 50.4 Å². The molecule has 0 bridgehead atoms. The minimum atomic E-state index is -2.91. The van der Waals surface area contributed by atoms with Gasteiger partial charge in [0.25, 0.3) is 5.91 Å². The molecule has 0 radical (unpaired) electrons. The van der Waals surface area contributed by atoms with Crippen LogP contribution in [0, 0.1) is 0 Å². The van der Waals surface area contributed by atoms with Crippen LogP contribution in [0.4, 0.5) is 8.78 Å². The maximum Gasteiger partial charge on any atom is 0.387 e. The molecule has 0 fully saturated rings. The van der Waals surface area contributed by atoms with E-state index in [-0.39, 0.29) is 35.7 Å². The minimum absolute atomic E-state index is 0. The van der Waals surface area contributed by atoms with Crippen molar-refractivity contribution >= 4 is 18.3 Å². The van der Waals surface area contributed by atoms with Crippen molar-refractivity contribution in [2.45, 2.75) is 19.1 Å². The smallest absolute Gasteiger partial charge is 0.387 e. The molecule has 1 atom stereocenters. The Morgan fingerprint density at radius 3 is 2.84 bits per heavy atom. The first-order chi connectivity index (χ1) is 11.6. The van der Waals surface area contributed by atoms with E-state index in [1.54, 1.807) is 6.07 Å². The molecule has 1 amide bonds. The zero-order valence-corrected chi connectivity index (χ0v) is 14.2. The van der Waals surface area contributed by atoms with Crippen LogP contribution in [0.1, 0.15) is 27.5 Å². The average Bonchev–Trinajstić information content (AvgIpc) is 2.59. The number of rotatable bonds is 5. The fourth-order valence-electron chi connectivity index (χ4n) is 2.89. The molecule has 0 aliphatic carbocycles. The highest BCUT2D eigenvalue weighted by atomic mass is 35.5. The Morgan fingerprint density at radius 1 is 1.24 bits per heavy atom. The number of hydrogen-bond donors (Lipinski definition) is 2. The van der Waals surface area contributed by atoms with Gasteiger partial charge in [0.1, 0.15) is 5.75 Å². The van der Waals surface area contributed by atoms with Gasteiger partial charge in [0.15, 0.2) is 0 Å². The first kappa shape index (κ1) is 19.1. The Kier molecular flexibility index (Phi) is 6.73. The molecule has 134 valence electrons. The van der Waals surface area contributed by atoms with Gasteiger partial charge in [-0.2, -0.15) is 8.78 Å². The molecule has 7 heteroatoms. The molecule has 2 N–H and O–H groups in total. The maximum absolute atomic E-state index is 12.3. The number of alkyl halides is 2. The van der Waals surface area contributed by atoms with Gasteiger partial charge in [0.05, 0.1) is 0 Å². The average molecular weight is 369 g/mol. The van der Waals surface area contributed by atoms with Gasteiger partial charge in [-0.15, -0.1) is 12.4 Å². The molecular weight excluding hydrogens is 350 g/mol. The van der Waals surface area contributed by atoms with Gasteiger partial charge in [0.2, 0.25) is 0 Å². The Morgan fingerprint density at radius 2 is 2.04 bits per heavy atom. The van der Waals surface area contributed by atoms with E-state index < -0.39 is 6.61 Å². The standard InChI is InChI=1S/C18H18F2N2O2.ClH/c19-18(20)24-14-6-3-5-13(10-14)17(23)22-11-16-15-7-2-1-4-12(15)8-9-21-16;/h1-7,10,16,18,21H,8-9,11H2,(H,22,23);1H. The number of benzene rings is 2. The summed E-state index contributed by atoms with van der Waals surface area (Å²) in [4.78, 5) is 12.3. The van der Waals surface area contributed by atoms with Crippen molar-refractivity contribution < 1.29 is 18.3 Å². The fraction of sp³-hybridized carbons (Fsp3) is 0.278. The van der Waals surface area contributed by atoms with E-state index in [2.05, 4.69) is 27.5 Å². The number of amides is 1. The van der Waals surface area contributed by atoms with Crippen molar-refractivity contribution in [2.75, 3.05) is 13.1 Å². The van der Waals surface area contributed by atoms with Crippen LogP contribution in [0.2, 0.25) is 0 Å². The van der Waals surface area contributed by atoms with Crippen molar-refractivity contribution in [3.8, 4) is 5.75 Å². The Hall–Kier alpha value is -2.18. The lowest BCUT2D eigenvalue weighted by Crippen LogP contribution is -2.38. The fourth-order valence-corrected chi connectivity index (χ4v) is 2.89. The first-order valence-corrected chi connectivity index (χ1v) is 7.78. The second-order valence-electron chi connectivity index (χ2n) is 5.57. The van der Waals surface area contributed by atoms with Crippen LogP contribution in [-0.4, -0.2) is 25.6 Å². The largest absolute Gasteiger partial charge is 0.435 e. The number of nitrogens with one attached hydrogen (secondary N) is 2. The maximum atomic E-state index is 12.3. The molecule has 1 unspecified atom stereocenters. The van der Waals surface area contributed by atoms with E-state index in [9.17, 15) is 13.6 Å². The molecular formula is C18H19ClF2N2O2. The number of carbonyl (C=O) groups excluding carboxylic acids is 1. The van der Waals surface area contributed by atoms with E-state index >= 15 is 0 Å². The molecule has 2 aromatic carbocycles. The Balaban J connectivity index is 0.00000225. The van der Waals surface area contributed by atoms with Gasteiger partial charge in [0, 0.05) is 18.2 Å². The Bertz CT molecular complexity index is 728. The zero-order valence-electron chi connectivity index (χ0n) is 13.4. The van der Waals surface area contributed by atoms with Crippen molar-refractivity contribution in [1.29, 1.82) is 0 Å². The predicted molar refractivity (Wildman–Crippen MR) is 93.5 cm³/mol. The normalized spacial score (nSPS) is 15.9. The van der Waals surface area contributed by atoms with Gasteiger partial charge >= 0.3 is 6.61 Å². The van der Waals surface area contributed by atoms with Crippen molar-refractivity contribution in [2.24, 2.45) is 0 Å². The molecule has 1 aliphatic heterocycles. The van der Waals surface area contributed by atoms with Crippen LogP contribution < -0.4 is 15.4 Å². The summed E-state index contributed by atoms with van der Waals surface area (Å²) < 4.78 is 28.8. The van der Waals surface area contributed by atoms with Crippen LogP contribution in [0.25, 0.3) is 0 Å². The molecule has 0 saturated carbocycles. The highest BCUT2D eigenvalue weighted by molar-refractivity contribution is 5.94. The molecule has 4 nitrogen and oxygen atoms in total. The predicted octanol–water partition coefficient (Wildman–Crippen LogP) is 3.33. The minimum Gasteiger partial charge on any atom is -0.435 e. The lowest BCUT2D eigenvalue weighted by atomic mass is 9.94. The monoisotopic (exact) mass is 368 g/mol. The zero-order chi connectivity index (χ0) is 16.9. The summed E-state index contributed by atoms with van der Waals surface area (Å²) in [5.74, 6) is -0.349. The second-order valence-corrected chi connectivity index (χ2v) is 5.57. The summed E-state index contributed by atoms with van der Waals surface area (Å²) in [5.41, 5.74) is 2.75. The summed E-state index contributed by atoms with van der Waals surface area (Å²) in [6.45, 7) is -1.63. The van der Waals surface area contributed by atoms with Gasteiger partial charge in [-0.05, 0) is 42.3 Å². The SMILES string of the molecule is Cl.O=C(NCC1NCCc2ccccc21)c1cccc(OC(F)F)c1. The van der Waals surface area contributed by atoms with Crippen LogP contribution >= 0.6 is 12.4 Å². The molecule has 0 spiro atoms. The summed E-state index contributed by atoms with van der Waals surface area (Å²) in [5, 5.41) is 6.23. The summed E-state index contributed by atoms with van der Waals surface area (Å²) in [6, 6.07) is 14.0. The summed E-state index contributed by atoms with van der Waals surface area (Å²) in [7, 11) is 0. The molecule has 3 rings (SSSR count). The number of carbonyl (C=O) groups is 1. The first-order valence-electron chi connectivity index (χ1n) is 7.78. The molecule has 0 aromatic heterocycles. The quantitative estimate of drug-likeness (QED) is 0.851. The number of ether oxygens (including phenoxy) is 1. The lowest BCUT2D eigenvalue weighted by molar-refractivity contribution is -0.0498. The Labute approximate surface area is 151 Å². The van der Waals surface area contributed by atoms with E-state index in [0.29, 0.717) is 6.54 Å². The number of hydrogen-bond acceptors (Lipinski definition) is 3. The van der Waals surface area contributed by atoms with Crippen LogP contribution in [0.3, 0.4) is 0 Å². The van der Waals surface area contributed by atoms with E-state index in [1.807, 2.05) is 12.1 Å². The van der Waals surface area contributed by atoms with Gasteiger partial charge in [-0.25, -0.2) is 0 Å². The van der Waals surface area contributed by atoms with Gasteiger partial charge in [-0.3, -0.25) is 4.79 Å². The van der Waals surface area contributed by atoms with E-state index in [4.69, 9.17) is 0 Å². The van der Waals surface area contributed by atoms with E-state index in [0.717, 1.165) is 13.0 Å². The van der Waals surface area contributed by atoms with Crippen LogP contribution in [0.15, 0.2) is 48.5 Å². The molecule has 1 aliphatic rings. The van der Waals surface area contributed by atoms with Crippen LogP contribution in [-0.2, 0) is 6.42 Å². The van der Waals surface area contributed by atoms with Crippen molar-refractivity contribution in [3.63, 3.8) is 0 Å². The van der Waals surface area contributed by atoms with E-state index in [1.165, 1.54) is 29.3 Å².